The molecular formula is C13H16N2O2S. The molecule has 0 saturated carbocycles. The first-order chi connectivity index (χ1) is 8.83. The Bertz CT molecular complexity index is 499. The topological polar surface area (TPSA) is 57.4 Å². The van der Waals surface area contributed by atoms with Crippen molar-refractivity contribution >= 4 is 11.3 Å². The fourth-order valence-electron chi connectivity index (χ4n) is 1.56. The monoisotopic (exact) mass is 264 g/mol. The van der Waals surface area contributed by atoms with Crippen LogP contribution in [0.2, 0.25) is 0 Å². The number of aromatic nitrogens is 1. The molecule has 2 aromatic rings. The van der Waals surface area contributed by atoms with Gasteiger partial charge in [0.25, 0.3) is 0 Å². The largest absolute Gasteiger partial charge is 0.493 e. The minimum atomic E-state index is 0.454. The molecule has 96 valence electrons. The molecule has 0 saturated heterocycles. The van der Waals surface area contributed by atoms with Crippen molar-refractivity contribution in [1.29, 1.82) is 0 Å². The van der Waals surface area contributed by atoms with Crippen LogP contribution in [0.3, 0.4) is 0 Å². The molecule has 1 heterocycles. The van der Waals surface area contributed by atoms with Crippen LogP contribution in [0.4, 0.5) is 0 Å². The molecule has 0 aliphatic rings. The van der Waals surface area contributed by atoms with Gasteiger partial charge in [-0.05, 0) is 18.7 Å². The summed E-state index contributed by atoms with van der Waals surface area (Å²) in [4.78, 5) is 4.44. The smallest absolute Gasteiger partial charge is 0.161 e. The third kappa shape index (κ3) is 3.21. The first kappa shape index (κ1) is 12.9. The summed E-state index contributed by atoms with van der Waals surface area (Å²) in [5.41, 5.74) is 6.52. The lowest BCUT2D eigenvalue weighted by atomic mass is 10.3. The standard InChI is InChI=1S/C13H16N2O2S/c1-16-11-4-2-3-5-12(11)17-8-13-15-10(6-7-14)9-18-13/h2-5,9H,6-8,14H2,1H3. The number of methoxy groups -OCH3 is 1. The van der Waals surface area contributed by atoms with Gasteiger partial charge in [0.15, 0.2) is 11.5 Å². The van der Waals surface area contributed by atoms with E-state index < -0.39 is 0 Å². The van der Waals surface area contributed by atoms with Gasteiger partial charge in [0.1, 0.15) is 11.6 Å². The Morgan fingerprint density at radius 1 is 1.28 bits per heavy atom. The highest BCUT2D eigenvalue weighted by Gasteiger charge is 2.05. The Balaban J connectivity index is 1.97. The fourth-order valence-corrected chi connectivity index (χ4v) is 2.30. The second-order valence-electron chi connectivity index (χ2n) is 3.71. The van der Waals surface area contributed by atoms with Gasteiger partial charge in [0.05, 0.1) is 12.8 Å². The average Bonchev–Trinajstić information content (AvgIpc) is 2.85. The molecule has 5 heteroatoms. The molecule has 0 spiro atoms. The van der Waals surface area contributed by atoms with Gasteiger partial charge in [-0.3, -0.25) is 0 Å². The Morgan fingerprint density at radius 3 is 2.78 bits per heavy atom. The molecule has 0 unspecified atom stereocenters. The molecule has 1 aromatic carbocycles. The number of thiazole rings is 1. The van der Waals surface area contributed by atoms with E-state index in [1.165, 1.54) is 0 Å². The number of para-hydroxylation sites is 2. The van der Waals surface area contributed by atoms with Gasteiger partial charge in [-0.1, -0.05) is 12.1 Å². The van der Waals surface area contributed by atoms with E-state index >= 15 is 0 Å². The molecule has 0 fully saturated rings. The minimum absolute atomic E-state index is 0.454. The summed E-state index contributed by atoms with van der Waals surface area (Å²) in [6.45, 7) is 1.08. The van der Waals surface area contributed by atoms with E-state index in [1.807, 2.05) is 29.6 Å². The summed E-state index contributed by atoms with van der Waals surface area (Å²) in [5, 5.41) is 2.97. The van der Waals surface area contributed by atoms with Crippen LogP contribution in [0.5, 0.6) is 11.5 Å². The number of hydrogen-bond donors (Lipinski definition) is 1. The van der Waals surface area contributed by atoms with Crippen LogP contribution in [-0.2, 0) is 13.0 Å². The van der Waals surface area contributed by atoms with Crippen molar-refractivity contribution in [3.63, 3.8) is 0 Å². The van der Waals surface area contributed by atoms with Crippen LogP contribution in [0.15, 0.2) is 29.6 Å². The highest BCUT2D eigenvalue weighted by atomic mass is 32.1. The fraction of sp³-hybridized carbons (Fsp3) is 0.308. The summed E-state index contributed by atoms with van der Waals surface area (Å²) < 4.78 is 10.9. The van der Waals surface area contributed by atoms with E-state index in [9.17, 15) is 0 Å². The van der Waals surface area contributed by atoms with Gasteiger partial charge in [0, 0.05) is 11.8 Å². The Hall–Kier alpha value is -1.59. The van der Waals surface area contributed by atoms with Gasteiger partial charge in [-0.25, -0.2) is 4.98 Å². The molecule has 0 aliphatic carbocycles. The number of hydrogen-bond acceptors (Lipinski definition) is 5. The zero-order valence-corrected chi connectivity index (χ0v) is 11.1. The highest BCUT2D eigenvalue weighted by Crippen LogP contribution is 2.26. The molecular weight excluding hydrogens is 248 g/mol. The average molecular weight is 264 g/mol. The van der Waals surface area contributed by atoms with Crippen LogP contribution in [0.1, 0.15) is 10.7 Å². The lowest BCUT2D eigenvalue weighted by Gasteiger charge is -2.08. The van der Waals surface area contributed by atoms with Crippen LogP contribution < -0.4 is 15.2 Å². The molecule has 4 nitrogen and oxygen atoms in total. The zero-order valence-electron chi connectivity index (χ0n) is 10.3. The highest BCUT2D eigenvalue weighted by molar-refractivity contribution is 7.09. The second-order valence-corrected chi connectivity index (χ2v) is 4.65. The quantitative estimate of drug-likeness (QED) is 0.869. The summed E-state index contributed by atoms with van der Waals surface area (Å²) in [6.07, 6.45) is 0.811. The first-order valence-corrected chi connectivity index (χ1v) is 6.60. The molecule has 2 N–H and O–H groups in total. The maximum Gasteiger partial charge on any atom is 0.161 e. The first-order valence-electron chi connectivity index (χ1n) is 5.72. The van der Waals surface area contributed by atoms with E-state index in [4.69, 9.17) is 15.2 Å². The Labute approximate surface area is 110 Å². The number of nitrogens with zero attached hydrogens (tertiary/aromatic N) is 1. The van der Waals surface area contributed by atoms with Crippen LogP contribution in [0.25, 0.3) is 0 Å². The van der Waals surface area contributed by atoms with Crippen molar-refractivity contribution in [2.24, 2.45) is 5.73 Å². The van der Waals surface area contributed by atoms with Crippen molar-refractivity contribution < 1.29 is 9.47 Å². The van der Waals surface area contributed by atoms with E-state index in [0.717, 1.165) is 28.6 Å². The lowest BCUT2D eigenvalue weighted by molar-refractivity contribution is 0.284. The molecule has 18 heavy (non-hydrogen) atoms. The summed E-state index contributed by atoms with van der Waals surface area (Å²) in [7, 11) is 1.63. The van der Waals surface area contributed by atoms with E-state index in [1.54, 1.807) is 18.4 Å². The lowest BCUT2D eigenvalue weighted by Crippen LogP contribution is -2.03. The van der Waals surface area contributed by atoms with E-state index in [-0.39, 0.29) is 0 Å². The predicted octanol–water partition coefficient (Wildman–Crippen LogP) is 2.23. The summed E-state index contributed by atoms with van der Waals surface area (Å²) in [5.74, 6) is 1.46. The number of nitrogens with two attached hydrogens (primary N) is 1. The minimum Gasteiger partial charge on any atom is -0.493 e. The van der Waals surface area contributed by atoms with Gasteiger partial charge in [-0.15, -0.1) is 11.3 Å². The Kier molecular flexibility index (Phi) is 4.55. The van der Waals surface area contributed by atoms with Crippen molar-refractivity contribution in [3.8, 4) is 11.5 Å². The van der Waals surface area contributed by atoms with Crippen LogP contribution in [-0.4, -0.2) is 18.6 Å². The normalized spacial score (nSPS) is 10.3. The molecule has 0 aliphatic heterocycles. The van der Waals surface area contributed by atoms with Crippen molar-refractivity contribution in [2.45, 2.75) is 13.0 Å². The third-order valence-corrected chi connectivity index (χ3v) is 3.29. The van der Waals surface area contributed by atoms with Crippen molar-refractivity contribution in [3.05, 3.63) is 40.3 Å². The van der Waals surface area contributed by atoms with Gasteiger partial charge >= 0.3 is 0 Å². The van der Waals surface area contributed by atoms with Crippen molar-refractivity contribution in [2.75, 3.05) is 13.7 Å². The molecule has 0 radical (unpaired) electrons. The molecule has 0 bridgehead atoms. The Morgan fingerprint density at radius 2 is 2.06 bits per heavy atom. The summed E-state index contributed by atoms with van der Waals surface area (Å²) in [6, 6.07) is 7.58. The van der Waals surface area contributed by atoms with Gasteiger partial charge in [0.2, 0.25) is 0 Å². The number of benzene rings is 1. The molecule has 1 aromatic heterocycles. The second kappa shape index (κ2) is 6.37. The van der Waals surface area contributed by atoms with Crippen LogP contribution >= 0.6 is 11.3 Å². The molecule has 0 amide bonds. The van der Waals surface area contributed by atoms with E-state index in [0.29, 0.717) is 13.2 Å². The number of rotatable bonds is 6. The number of ether oxygens (including phenoxy) is 2. The van der Waals surface area contributed by atoms with Gasteiger partial charge < -0.3 is 15.2 Å². The molecule has 2 rings (SSSR count). The predicted molar refractivity (Wildman–Crippen MR) is 72.2 cm³/mol. The zero-order chi connectivity index (χ0) is 12.8. The summed E-state index contributed by atoms with van der Waals surface area (Å²) >= 11 is 1.59. The third-order valence-electron chi connectivity index (χ3n) is 2.42. The van der Waals surface area contributed by atoms with Crippen LogP contribution in [0, 0.1) is 0 Å². The van der Waals surface area contributed by atoms with Crippen molar-refractivity contribution in [1.82, 2.24) is 4.98 Å². The molecule has 0 atom stereocenters. The maximum absolute atomic E-state index is 5.70. The van der Waals surface area contributed by atoms with E-state index in [2.05, 4.69) is 4.98 Å². The maximum atomic E-state index is 5.70. The van der Waals surface area contributed by atoms with Gasteiger partial charge in [-0.2, -0.15) is 0 Å². The SMILES string of the molecule is COc1ccccc1OCc1nc(CCN)cs1.